The van der Waals surface area contributed by atoms with Gasteiger partial charge in [0.15, 0.2) is 0 Å². The first kappa shape index (κ1) is 13.2. The van der Waals surface area contributed by atoms with E-state index in [-0.39, 0.29) is 6.04 Å². The fourth-order valence-electron chi connectivity index (χ4n) is 2.66. The molecule has 2 aromatic rings. The van der Waals surface area contributed by atoms with Crippen molar-refractivity contribution in [3.8, 4) is 5.75 Å². The van der Waals surface area contributed by atoms with E-state index in [4.69, 9.17) is 10.5 Å². The van der Waals surface area contributed by atoms with Gasteiger partial charge in [-0.3, -0.25) is 0 Å². The monoisotopic (exact) mass is 271 g/mol. The summed E-state index contributed by atoms with van der Waals surface area (Å²) in [4.78, 5) is 4.44. The van der Waals surface area contributed by atoms with Gasteiger partial charge >= 0.3 is 0 Å². The Labute approximate surface area is 119 Å². The van der Waals surface area contributed by atoms with E-state index in [1.165, 1.54) is 5.56 Å². The zero-order valence-electron chi connectivity index (χ0n) is 11.8. The lowest BCUT2D eigenvalue weighted by molar-refractivity contribution is 0.319. The number of para-hydroxylation sites is 1. The lowest BCUT2D eigenvalue weighted by Crippen LogP contribution is -2.21. The van der Waals surface area contributed by atoms with Crippen molar-refractivity contribution in [2.24, 2.45) is 5.73 Å². The van der Waals surface area contributed by atoms with Crippen LogP contribution in [0.1, 0.15) is 30.5 Å². The molecule has 2 heterocycles. The molecule has 3 rings (SSSR count). The summed E-state index contributed by atoms with van der Waals surface area (Å²) < 4.78 is 7.86. The highest BCUT2D eigenvalue weighted by molar-refractivity contribution is 5.39. The highest BCUT2D eigenvalue weighted by Crippen LogP contribution is 2.34. The lowest BCUT2D eigenvalue weighted by atomic mass is 10.0. The average molecular weight is 271 g/mol. The summed E-state index contributed by atoms with van der Waals surface area (Å²) in [5.41, 5.74) is 8.35. The van der Waals surface area contributed by atoms with Crippen LogP contribution in [0.25, 0.3) is 0 Å². The maximum absolute atomic E-state index is 5.97. The van der Waals surface area contributed by atoms with Gasteiger partial charge in [-0.2, -0.15) is 0 Å². The number of fused-ring (bicyclic) bond motifs is 1. The molecule has 1 aromatic carbocycles. The van der Waals surface area contributed by atoms with E-state index >= 15 is 0 Å². The van der Waals surface area contributed by atoms with Crippen molar-refractivity contribution in [2.45, 2.75) is 38.3 Å². The molecule has 2 unspecified atom stereocenters. The SMILES string of the molecule is CCC(N)Cc1cn(CC2COc3ccccc32)cn1. The molecule has 0 saturated carbocycles. The Morgan fingerprint density at radius 1 is 1.45 bits per heavy atom. The molecule has 4 heteroatoms. The van der Waals surface area contributed by atoms with Crippen LogP contribution < -0.4 is 10.5 Å². The van der Waals surface area contributed by atoms with Crippen molar-refractivity contribution < 1.29 is 4.74 Å². The summed E-state index contributed by atoms with van der Waals surface area (Å²) in [6, 6.07) is 8.48. The van der Waals surface area contributed by atoms with Crippen LogP contribution in [0.3, 0.4) is 0 Å². The zero-order valence-corrected chi connectivity index (χ0v) is 11.8. The van der Waals surface area contributed by atoms with Crippen molar-refractivity contribution in [1.29, 1.82) is 0 Å². The van der Waals surface area contributed by atoms with Gasteiger partial charge in [0.1, 0.15) is 5.75 Å². The van der Waals surface area contributed by atoms with E-state index in [0.717, 1.165) is 37.4 Å². The molecule has 0 radical (unpaired) electrons. The molecule has 20 heavy (non-hydrogen) atoms. The molecule has 2 atom stereocenters. The minimum absolute atomic E-state index is 0.203. The molecule has 1 aliphatic rings. The van der Waals surface area contributed by atoms with Gasteiger partial charge in [0.25, 0.3) is 0 Å². The first-order valence-electron chi connectivity index (χ1n) is 7.24. The summed E-state index contributed by atoms with van der Waals surface area (Å²) in [5.74, 6) is 1.43. The molecule has 4 nitrogen and oxygen atoms in total. The summed E-state index contributed by atoms with van der Waals surface area (Å²) >= 11 is 0. The molecular formula is C16H21N3O. The Bertz CT molecular complexity index is 579. The van der Waals surface area contributed by atoms with Gasteiger partial charge in [0, 0.05) is 36.7 Å². The third kappa shape index (κ3) is 2.70. The number of ether oxygens (including phenoxy) is 1. The van der Waals surface area contributed by atoms with E-state index in [9.17, 15) is 0 Å². The smallest absolute Gasteiger partial charge is 0.122 e. The molecule has 0 spiro atoms. The molecule has 0 fully saturated rings. The Morgan fingerprint density at radius 3 is 3.15 bits per heavy atom. The predicted molar refractivity (Wildman–Crippen MR) is 78.9 cm³/mol. The number of nitrogens with zero attached hydrogens (tertiary/aromatic N) is 2. The number of hydrogen-bond acceptors (Lipinski definition) is 3. The van der Waals surface area contributed by atoms with E-state index in [1.54, 1.807) is 0 Å². The fourth-order valence-corrected chi connectivity index (χ4v) is 2.66. The van der Waals surface area contributed by atoms with E-state index < -0.39 is 0 Å². The largest absolute Gasteiger partial charge is 0.493 e. The van der Waals surface area contributed by atoms with Gasteiger partial charge in [0.2, 0.25) is 0 Å². The minimum atomic E-state index is 0.203. The molecule has 1 aliphatic heterocycles. The summed E-state index contributed by atoms with van der Waals surface area (Å²) in [6.07, 6.45) is 5.84. The molecule has 0 saturated heterocycles. The third-order valence-electron chi connectivity index (χ3n) is 3.91. The van der Waals surface area contributed by atoms with Crippen LogP contribution in [0.5, 0.6) is 5.75 Å². The van der Waals surface area contributed by atoms with Crippen LogP contribution in [0.15, 0.2) is 36.8 Å². The maximum atomic E-state index is 5.97. The highest BCUT2D eigenvalue weighted by Gasteiger charge is 2.23. The number of aromatic nitrogens is 2. The second-order valence-electron chi connectivity index (χ2n) is 5.48. The Hall–Kier alpha value is -1.81. The summed E-state index contributed by atoms with van der Waals surface area (Å²) in [6.45, 7) is 3.77. The van der Waals surface area contributed by atoms with Crippen molar-refractivity contribution in [2.75, 3.05) is 6.61 Å². The van der Waals surface area contributed by atoms with Gasteiger partial charge < -0.3 is 15.0 Å². The number of imidazole rings is 1. The Kier molecular flexibility index (Phi) is 3.74. The summed E-state index contributed by atoms with van der Waals surface area (Å²) in [7, 11) is 0. The van der Waals surface area contributed by atoms with Gasteiger partial charge in [0.05, 0.1) is 18.6 Å². The number of benzene rings is 1. The first-order valence-corrected chi connectivity index (χ1v) is 7.24. The van der Waals surface area contributed by atoms with Gasteiger partial charge in [-0.25, -0.2) is 4.98 Å². The summed E-state index contributed by atoms with van der Waals surface area (Å²) in [5, 5.41) is 0. The predicted octanol–water partition coefficient (Wildman–Crippen LogP) is 2.34. The standard InChI is InChI=1S/C16H21N3O/c1-2-13(17)7-14-9-19(11-18-14)8-12-10-20-16-6-4-3-5-15(12)16/h3-6,9,11-13H,2,7-8,10,17H2,1H3. The van der Waals surface area contributed by atoms with Gasteiger partial charge in [-0.15, -0.1) is 0 Å². The minimum Gasteiger partial charge on any atom is -0.493 e. The first-order chi connectivity index (χ1) is 9.76. The number of nitrogens with two attached hydrogens (primary N) is 1. The zero-order chi connectivity index (χ0) is 13.9. The molecule has 2 N–H and O–H groups in total. The third-order valence-corrected chi connectivity index (χ3v) is 3.91. The van der Waals surface area contributed by atoms with Gasteiger partial charge in [-0.05, 0) is 12.5 Å². The van der Waals surface area contributed by atoms with Crippen LogP contribution in [0, 0.1) is 0 Å². The van der Waals surface area contributed by atoms with Crippen molar-refractivity contribution >= 4 is 0 Å². The highest BCUT2D eigenvalue weighted by atomic mass is 16.5. The second kappa shape index (κ2) is 5.67. The molecule has 0 bridgehead atoms. The molecule has 1 aromatic heterocycles. The van der Waals surface area contributed by atoms with Crippen LogP contribution in [0.4, 0.5) is 0 Å². The molecule has 0 aliphatic carbocycles. The second-order valence-corrected chi connectivity index (χ2v) is 5.48. The fraction of sp³-hybridized carbons (Fsp3) is 0.438. The maximum Gasteiger partial charge on any atom is 0.122 e. The van der Waals surface area contributed by atoms with Crippen LogP contribution in [-0.2, 0) is 13.0 Å². The Morgan fingerprint density at radius 2 is 2.30 bits per heavy atom. The van der Waals surface area contributed by atoms with E-state index in [0.29, 0.717) is 5.92 Å². The van der Waals surface area contributed by atoms with Gasteiger partial charge in [-0.1, -0.05) is 25.1 Å². The average Bonchev–Trinajstić information content (AvgIpc) is 3.07. The van der Waals surface area contributed by atoms with E-state index in [2.05, 4.69) is 34.8 Å². The van der Waals surface area contributed by atoms with Crippen LogP contribution in [0.2, 0.25) is 0 Å². The number of hydrogen-bond donors (Lipinski definition) is 1. The topological polar surface area (TPSA) is 53.1 Å². The molecule has 106 valence electrons. The van der Waals surface area contributed by atoms with Crippen molar-refractivity contribution in [1.82, 2.24) is 9.55 Å². The van der Waals surface area contributed by atoms with Crippen molar-refractivity contribution in [3.63, 3.8) is 0 Å². The van der Waals surface area contributed by atoms with E-state index in [1.807, 2.05) is 18.5 Å². The molecular weight excluding hydrogens is 250 g/mol. The van der Waals surface area contributed by atoms with Crippen LogP contribution in [-0.4, -0.2) is 22.2 Å². The lowest BCUT2D eigenvalue weighted by Gasteiger charge is -2.09. The van der Waals surface area contributed by atoms with Crippen LogP contribution >= 0.6 is 0 Å². The number of rotatable bonds is 5. The molecule has 0 amide bonds. The normalized spacial score (nSPS) is 18.6. The quantitative estimate of drug-likeness (QED) is 0.908. The Balaban J connectivity index is 1.67. The van der Waals surface area contributed by atoms with Crippen molar-refractivity contribution in [3.05, 3.63) is 48.0 Å².